The number of carboxylic acid groups (broad SMARTS) is 1. The van der Waals surface area contributed by atoms with Crippen LogP contribution in [0.15, 0.2) is 42.6 Å². The van der Waals surface area contributed by atoms with E-state index >= 15 is 0 Å². The zero-order valence-electron chi connectivity index (χ0n) is 26.3. The average molecular weight is 632 g/mol. The van der Waals surface area contributed by atoms with Gasteiger partial charge < -0.3 is 24.6 Å². The van der Waals surface area contributed by atoms with Gasteiger partial charge in [-0.3, -0.25) is 9.88 Å². The van der Waals surface area contributed by atoms with Crippen LogP contribution in [0.2, 0.25) is 5.02 Å². The third-order valence-electron chi connectivity index (χ3n) is 10.7. The number of carboxylic acids is 1. The van der Waals surface area contributed by atoms with E-state index in [2.05, 4.69) is 41.2 Å². The van der Waals surface area contributed by atoms with Gasteiger partial charge in [0.15, 0.2) is 11.5 Å². The molecule has 9 heteroatoms. The zero-order chi connectivity index (χ0) is 31.3. The molecular weight excluding hydrogens is 590 g/mol. The number of aryl methyl sites for hydroxylation is 1. The van der Waals surface area contributed by atoms with E-state index in [1.807, 2.05) is 37.4 Å². The number of nitrogens with zero attached hydrogens (tertiary/aromatic N) is 2. The first-order chi connectivity index (χ1) is 21.7. The lowest BCUT2D eigenvalue weighted by Gasteiger charge is -2.48. The van der Waals surface area contributed by atoms with Crippen LogP contribution in [0.5, 0.6) is 17.2 Å². The molecule has 2 aliphatic heterocycles. The van der Waals surface area contributed by atoms with Crippen LogP contribution in [0.4, 0.5) is 5.69 Å². The van der Waals surface area contributed by atoms with Gasteiger partial charge in [-0.1, -0.05) is 31.5 Å². The molecule has 45 heavy (non-hydrogen) atoms. The summed E-state index contributed by atoms with van der Waals surface area (Å²) in [6.45, 7) is 8.87. The van der Waals surface area contributed by atoms with Gasteiger partial charge >= 0.3 is 5.97 Å². The SMILES string of the molecule is Cc1c(Cl)cccc1NC1(C(=O)O)CCC2(CC1)c1cc3c(cc1CN2C[C@@H](C)COc1ccnc2c1[C@H](C)CCC2)OCO3. The van der Waals surface area contributed by atoms with Crippen molar-refractivity contribution in [3.63, 3.8) is 0 Å². The summed E-state index contributed by atoms with van der Waals surface area (Å²) < 4.78 is 18.1. The minimum atomic E-state index is -1.09. The van der Waals surface area contributed by atoms with Crippen molar-refractivity contribution in [3.8, 4) is 17.2 Å². The van der Waals surface area contributed by atoms with Crippen LogP contribution in [0, 0.1) is 12.8 Å². The van der Waals surface area contributed by atoms with Crippen molar-refractivity contribution in [3.05, 3.63) is 75.6 Å². The van der Waals surface area contributed by atoms with E-state index in [4.69, 9.17) is 25.8 Å². The van der Waals surface area contributed by atoms with Crippen LogP contribution in [0.1, 0.15) is 86.2 Å². The van der Waals surface area contributed by atoms with Crippen molar-refractivity contribution in [1.29, 1.82) is 0 Å². The number of benzene rings is 2. The topological polar surface area (TPSA) is 93.2 Å². The molecule has 3 aromatic rings. The van der Waals surface area contributed by atoms with Crippen LogP contribution < -0.4 is 19.5 Å². The molecule has 2 aromatic carbocycles. The predicted molar refractivity (Wildman–Crippen MR) is 174 cm³/mol. The molecule has 1 spiro atoms. The van der Waals surface area contributed by atoms with Crippen molar-refractivity contribution in [2.75, 3.05) is 25.3 Å². The van der Waals surface area contributed by atoms with E-state index in [1.165, 1.54) is 35.2 Å². The van der Waals surface area contributed by atoms with Crippen molar-refractivity contribution < 1.29 is 24.1 Å². The van der Waals surface area contributed by atoms with Crippen molar-refractivity contribution >= 4 is 23.3 Å². The van der Waals surface area contributed by atoms with Gasteiger partial charge in [0, 0.05) is 52.7 Å². The summed E-state index contributed by atoms with van der Waals surface area (Å²) in [5.41, 5.74) is 5.15. The molecule has 238 valence electrons. The van der Waals surface area contributed by atoms with E-state index in [1.54, 1.807) is 0 Å². The minimum Gasteiger partial charge on any atom is -0.493 e. The number of fused-ring (bicyclic) bond motifs is 4. The molecule has 2 N–H and O–H groups in total. The van der Waals surface area contributed by atoms with Crippen molar-refractivity contribution in [2.45, 2.75) is 89.3 Å². The number of hydrogen-bond acceptors (Lipinski definition) is 7. The van der Waals surface area contributed by atoms with Gasteiger partial charge in [0.05, 0.1) is 6.61 Å². The maximum atomic E-state index is 12.9. The van der Waals surface area contributed by atoms with Crippen LogP contribution >= 0.6 is 11.6 Å². The predicted octanol–water partition coefficient (Wildman–Crippen LogP) is 7.45. The first-order valence-corrected chi connectivity index (χ1v) is 16.6. The Morgan fingerprint density at radius 3 is 2.76 bits per heavy atom. The van der Waals surface area contributed by atoms with Gasteiger partial charge in [0.25, 0.3) is 0 Å². The number of aromatic nitrogens is 1. The van der Waals surface area contributed by atoms with Gasteiger partial charge in [0.2, 0.25) is 6.79 Å². The largest absolute Gasteiger partial charge is 0.493 e. The summed E-state index contributed by atoms with van der Waals surface area (Å²) in [5.74, 6) is 2.39. The number of halogens is 1. The number of hydrogen-bond donors (Lipinski definition) is 2. The van der Waals surface area contributed by atoms with E-state index in [9.17, 15) is 9.90 Å². The van der Waals surface area contributed by atoms with E-state index in [-0.39, 0.29) is 18.2 Å². The van der Waals surface area contributed by atoms with Crippen LogP contribution in [0.25, 0.3) is 0 Å². The second-order valence-electron chi connectivity index (χ2n) is 13.6. The molecule has 0 bridgehead atoms. The van der Waals surface area contributed by atoms with Gasteiger partial charge in [-0.25, -0.2) is 4.79 Å². The highest BCUT2D eigenvalue weighted by Gasteiger charge is 2.54. The van der Waals surface area contributed by atoms with Crippen molar-refractivity contribution in [1.82, 2.24) is 9.88 Å². The molecule has 0 saturated heterocycles. The lowest BCUT2D eigenvalue weighted by Crippen LogP contribution is -2.55. The minimum absolute atomic E-state index is 0.228. The summed E-state index contributed by atoms with van der Waals surface area (Å²) in [6.07, 6.45) is 7.58. The molecule has 8 nitrogen and oxygen atoms in total. The molecule has 0 unspecified atom stereocenters. The summed E-state index contributed by atoms with van der Waals surface area (Å²) in [5, 5.41) is 14.6. The number of pyridine rings is 1. The normalized spacial score (nSPS) is 25.9. The molecule has 7 rings (SSSR count). The third-order valence-corrected chi connectivity index (χ3v) is 11.1. The lowest BCUT2D eigenvalue weighted by molar-refractivity contribution is -0.145. The quantitative estimate of drug-likeness (QED) is 0.265. The second kappa shape index (κ2) is 11.7. The number of carbonyl (C=O) groups is 1. The van der Waals surface area contributed by atoms with Gasteiger partial charge in [-0.2, -0.15) is 0 Å². The molecule has 0 radical (unpaired) electrons. The highest BCUT2D eigenvalue weighted by Crippen LogP contribution is 2.54. The number of nitrogens with one attached hydrogen (secondary N) is 1. The Kier molecular flexibility index (Phi) is 7.85. The Bertz CT molecular complexity index is 1620. The fraction of sp³-hybridized carbons (Fsp3) is 0.500. The molecular formula is C36H42ClN3O5. The van der Waals surface area contributed by atoms with E-state index < -0.39 is 11.5 Å². The van der Waals surface area contributed by atoms with Crippen LogP contribution in [0.3, 0.4) is 0 Å². The molecule has 3 heterocycles. The monoisotopic (exact) mass is 631 g/mol. The molecule has 2 atom stereocenters. The molecule has 4 aliphatic rings. The molecule has 0 amide bonds. The molecule has 1 fully saturated rings. The number of anilines is 1. The third kappa shape index (κ3) is 5.30. The molecule has 1 saturated carbocycles. The standard InChI is InChI=1S/C36H42ClN3O5/c1-22(20-43-30-10-15-38-29-9-4-6-23(2)33(29)30)18-40-19-25-16-31-32(45-21-44-31)17-26(25)36(40)13-11-35(12-14-36,34(41)42)39-28-8-5-7-27(37)24(28)3/h5,7-8,10,15-17,22-23,39H,4,6,9,11-14,18-21H2,1-3H3,(H,41,42)/t22-,23-,35?,36?/m1/s1. The Morgan fingerprint density at radius 2 is 1.98 bits per heavy atom. The van der Waals surface area contributed by atoms with Crippen molar-refractivity contribution in [2.24, 2.45) is 5.92 Å². The summed E-state index contributed by atoms with van der Waals surface area (Å²) >= 11 is 6.40. The van der Waals surface area contributed by atoms with E-state index in [0.717, 1.165) is 48.0 Å². The highest BCUT2D eigenvalue weighted by molar-refractivity contribution is 6.31. The van der Waals surface area contributed by atoms with Gasteiger partial charge in [-0.15, -0.1) is 0 Å². The Balaban J connectivity index is 1.14. The highest BCUT2D eigenvalue weighted by atomic mass is 35.5. The molecule has 2 aliphatic carbocycles. The van der Waals surface area contributed by atoms with Gasteiger partial charge in [0.1, 0.15) is 11.3 Å². The summed E-state index contributed by atoms with van der Waals surface area (Å²) in [6, 6.07) is 11.9. The maximum Gasteiger partial charge on any atom is 0.329 e. The smallest absolute Gasteiger partial charge is 0.329 e. The van der Waals surface area contributed by atoms with Crippen LogP contribution in [-0.4, -0.2) is 46.4 Å². The lowest BCUT2D eigenvalue weighted by atomic mass is 9.68. The number of aliphatic carboxylic acids is 1. The zero-order valence-corrected chi connectivity index (χ0v) is 27.1. The number of rotatable bonds is 8. The fourth-order valence-electron chi connectivity index (χ4n) is 8.11. The Morgan fingerprint density at radius 1 is 1.20 bits per heavy atom. The first kappa shape index (κ1) is 30.2. The Labute approximate surface area is 270 Å². The second-order valence-corrected chi connectivity index (χ2v) is 14.0. The number of ether oxygens (including phenoxy) is 3. The summed E-state index contributed by atoms with van der Waals surface area (Å²) in [4.78, 5) is 20.1. The summed E-state index contributed by atoms with van der Waals surface area (Å²) in [7, 11) is 0. The van der Waals surface area contributed by atoms with Gasteiger partial charge in [-0.05, 0) is 105 Å². The average Bonchev–Trinajstić information content (AvgIpc) is 3.60. The van der Waals surface area contributed by atoms with Crippen LogP contribution in [-0.2, 0) is 23.3 Å². The molecule has 1 aromatic heterocycles. The van der Waals surface area contributed by atoms with E-state index in [0.29, 0.717) is 43.2 Å². The first-order valence-electron chi connectivity index (χ1n) is 16.2. The fourth-order valence-corrected chi connectivity index (χ4v) is 8.29. The maximum absolute atomic E-state index is 12.9. The Hall–Kier alpha value is -3.49.